The lowest BCUT2D eigenvalue weighted by Gasteiger charge is -2.07. The van der Waals surface area contributed by atoms with Crippen LogP contribution in [0, 0.1) is 5.82 Å². The smallest absolute Gasteiger partial charge is 0.228 e. The van der Waals surface area contributed by atoms with Gasteiger partial charge < -0.3 is 11.1 Å². The van der Waals surface area contributed by atoms with Crippen LogP contribution in [0.3, 0.4) is 0 Å². The molecule has 2 aromatic rings. The van der Waals surface area contributed by atoms with Crippen molar-refractivity contribution < 1.29 is 9.18 Å². The topological polar surface area (TPSA) is 55.1 Å². The van der Waals surface area contributed by atoms with Crippen LogP contribution in [0.1, 0.15) is 11.1 Å². The van der Waals surface area contributed by atoms with E-state index in [-0.39, 0.29) is 18.1 Å². The highest BCUT2D eigenvalue weighted by atomic mass is 19.1. The number of anilines is 1. The van der Waals surface area contributed by atoms with Gasteiger partial charge in [-0.25, -0.2) is 4.39 Å². The predicted octanol–water partition coefficient (Wildman–Crippen LogP) is 2.47. The Morgan fingerprint density at radius 1 is 1.11 bits per heavy atom. The average molecular weight is 258 g/mol. The molecule has 0 radical (unpaired) electrons. The zero-order valence-corrected chi connectivity index (χ0v) is 10.4. The number of hydrogen-bond donors (Lipinski definition) is 2. The van der Waals surface area contributed by atoms with E-state index in [1.54, 1.807) is 18.2 Å². The number of carbonyl (C=O) groups excluding carboxylic acids is 1. The lowest BCUT2D eigenvalue weighted by atomic mass is 10.1. The monoisotopic (exact) mass is 258 g/mol. The molecule has 0 aromatic heterocycles. The summed E-state index contributed by atoms with van der Waals surface area (Å²) in [5, 5.41) is 2.77. The van der Waals surface area contributed by atoms with Crippen molar-refractivity contribution in [3.05, 3.63) is 65.5 Å². The normalized spacial score (nSPS) is 10.2. The van der Waals surface area contributed by atoms with Crippen LogP contribution in [0.15, 0.2) is 48.5 Å². The van der Waals surface area contributed by atoms with Gasteiger partial charge in [0.2, 0.25) is 5.91 Å². The van der Waals surface area contributed by atoms with Crippen LogP contribution in [0.4, 0.5) is 10.1 Å². The summed E-state index contributed by atoms with van der Waals surface area (Å²) in [7, 11) is 0. The molecular weight excluding hydrogens is 243 g/mol. The van der Waals surface area contributed by atoms with Crippen molar-refractivity contribution in [1.29, 1.82) is 0 Å². The highest BCUT2D eigenvalue weighted by molar-refractivity contribution is 5.92. The minimum absolute atomic E-state index is 0.143. The summed E-state index contributed by atoms with van der Waals surface area (Å²) in [5.41, 5.74) is 7.83. The lowest BCUT2D eigenvalue weighted by Crippen LogP contribution is -2.14. The van der Waals surface area contributed by atoms with Crippen LogP contribution < -0.4 is 11.1 Å². The van der Waals surface area contributed by atoms with Gasteiger partial charge in [0.15, 0.2) is 0 Å². The fraction of sp³-hybridized carbons (Fsp3) is 0.133. The van der Waals surface area contributed by atoms with Crippen molar-refractivity contribution in [2.24, 2.45) is 5.73 Å². The fourth-order valence-corrected chi connectivity index (χ4v) is 1.81. The lowest BCUT2D eigenvalue weighted by molar-refractivity contribution is -0.115. The number of nitrogens with one attached hydrogen (secondary N) is 1. The van der Waals surface area contributed by atoms with E-state index in [2.05, 4.69) is 5.32 Å². The second-order valence-electron chi connectivity index (χ2n) is 4.26. The van der Waals surface area contributed by atoms with E-state index >= 15 is 0 Å². The molecule has 0 saturated carbocycles. The SMILES string of the molecule is NCc1cccc(NC(=O)Cc2cccc(F)c2)c1. The molecule has 4 heteroatoms. The zero-order valence-electron chi connectivity index (χ0n) is 10.4. The van der Waals surface area contributed by atoms with Crippen molar-refractivity contribution in [2.45, 2.75) is 13.0 Å². The van der Waals surface area contributed by atoms with Crippen molar-refractivity contribution in [3.8, 4) is 0 Å². The molecule has 0 atom stereocenters. The summed E-state index contributed by atoms with van der Waals surface area (Å²) in [6, 6.07) is 13.4. The standard InChI is InChI=1S/C15H15FN2O/c16-13-5-1-3-11(7-13)9-15(19)18-14-6-2-4-12(8-14)10-17/h1-8H,9-10,17H2,(H,18,19). The van der Waals surface area contributed by atoms with Gasteiger partial charge in [-0.05, 0) is 35.4 Å². The van der Waals surface area contributed by atoms with Gasteiger partial charge >= 0.3 is 0 Å². The Labute approximate surface area is 111 Å². The van der Waals surface area contributed by atoms with Crippen LogP contribution >= 0.6 is 0 Å². The summed E-state index contributed by atoms with van der Waals surface area (Å²) in [6.45, 7) is 0.424. The summed E-state index contributed by atoms with van der Waals surface area (Å²) in [5.74, 6) is -0.518. The number of rotatable bonds is 4. The van der Waals surface area contributed by atoms with Gasteiger partial charge in [-0.3, -0.25) is 4.79 Å². The van der Waals surface area contributed by atoms with E-state index in [4.69, 9.17) is 5.73 Å². The largest absolute Gasteiger partial charge is 0.326 e. The maximum absolute atomic E-state index is 13.0. The second kappa shape index (κ2) is 6.11. The fourth-order valence-electron chi connectivity index (χ4n) is 1.81. The first-order valence-electron chi connectivity index (χ1n) is 6.00. The number of amides is 1. The number of halogens is 1. The molecule has 2 rings (SSSR count). The Morgan fingerprint density at radius 3 is 2.58 bits per heavy atom. The van der Waals surface area contributed by atoms with Gasteiger partial charge in [0.1, 0.15) is 5.82 Å². The summed E-state index contributed by atoms with van der Waals surface area (Å²) in [6.07, 6.45) is 0.143. The van der Waals surface area contributed by atoms with Gasteiger partial charge in [-0.1, -0.05) is 24.3 Å². The predicted molar refractivity (Wildman–Crippen MR) is 73.1 cm³/mol. The molecular formula is C15H15FN2O. The highest BCUT2D eigenvalue weighted by Gasteiger charge is 2.05. The molecule has 3 N–H and O–H groups in total. The molecule has 0 heterocycles. The van der Waals surface area contributed by atoms with Gasteiger partial charge in [0.05, 0.1) is 6.42 Å². The van der Waals surface area contributed by atoms with Crippen molar-refractivity contribution in [3.63, 3.8) is 0 Å². The van der Waals surface area contributed by atoms with Gasteiger partial charge in [-0.15, -0.1) is 0 Å². The Balaban J connectivity index is 2.01. The minimum Gasteiger partial charge on any atom is -0.326 e. The summed E-state index contributed by atoms with van der Waals surface area (Å²) < 4.78 is 13.0. The summed E-state index contributed by atoms with van der Waals surface area (Å²) in [4.78, 5) is 11.8. The number of hydrogen-bond acceptors (Lipinski definition) is 2. The quantitative estimate of drug-likeness (QED) is 0.885. The molecule has 2 aromatic carbocycles. The van der Waals surface area contributed by atoms with Crippen LogP contribution in [0.25, 0.3) is 0 Å². The maximum Gasteiger partial charge on any atom is 0.228 e. The molecule has 1 amide bonds. The van der Waals surface area contributed by atoms with E-state index < -0.39 is 0 Å². The molecule has 3 nitrogen and oxygen atoms in total. The molecule has 19 heavy (non-hydrogen) atoms. The first kappa shape index (κ1) is 13.2. The zero-order chi connectivity index (χ0) is 13.7. The molecule has 0 bridgehead atoms. The van der Waals surface area contributed by atoms with Crippen LogP contribution in [-0.4, -0.2) is 5.91 Å². The van der Waals surface area contributed by atoms with Crippen LogP contribution in [0.2, 0.25) is 0 Å². The second-order valence-corrected chi connectivity index (χ2v) is 4.26. The molecule has 0 aliphatic heterocycles. The minimum atomic E-state index is -0.338. The number of carbonyl (C=O) groups is 1. The Bertz CT molecular complexity index is 584. The Hall–Kier alpha value is -2.20. The van der Waals surface area contributed by atoms with Gasteiger partial charge in [-0.2, -0.15) is 0 Å². The average Bonchev–Trinajstić information content (AvgIpc) is 2.38. The first-order valence-corrected chi connectivity index (χ1v) is 6.00. The van der Waals surface area contributed by atoms with E-state index in [9.17, 15) is 9.18 Å². The van der Waals surface area contributed by atoms with Crippen molar-refractivity contribution in [2.75, 3.05) is 5.32 Å². The third-order valence-corrected chi connectivity index (χ3v) is 2.70. The maximum atomic E-state index is 13.0. The van der Waals surface area contributed by atoms with E-state index in [1.165, 1.54) is 12.1 Å². The third kappa shape index (κ3) is 3.89. The highest BCUT2D eigenvalue weighted by Crippen LogP contribution is 2.11. The molecule has 0 fully saturated rings. The molecule has 0 saturated heterocycles. The Morgan fingerprint density at radius 2 is 1.84 bits per heavy atom. The molecule has 98 valence electrons. The van der Waals surface area contributed by atoms with E-state index in [1.807, 2.05) is 18.2 Å². The van der Waals surface area contributed by atoms with Crippen molar-refractivity contribution >= 4 is 11.6 Å². The molecule has 0 spiro atoms. The van der Waals surface area contributed by atoms with Crippen LogP contribution in [0.5, 0.6) is 0 Å². The molecule has 0 aliphatic carbocycles. The number of benzene rings is 2. The Kier molecular flexibility index (Phi) is 4.26. The van der Waals surface area contributed by atoms with Gasteiger partial charge in [0.25, 0.3) is 0 Å². The first-order chi connectivity index (χ1) is 9.17. The van der Waals surface area contributed by atoms with Gasteiger partial charge in [0, 0.05) is 12.2 Å². The molecule has 0 unspecified atom stereocenters. The van der Waals surface area contributed by atoms with Crippen LogP contribution in [-0.2, 0) is 17.8 Å². The van der Waals surface area contributed by atoms with E-state index in [0.717, 1.165) is 5.56 Å². The summed E-state index contributed by atoms with van der Waals surface area (Å²) >= 11 is 0. The van der Waals surface area contributed by atoms with E-state index in [0.29, 0.717) is 17.8 Å². The molecule has 0 aliphatic rings. The number of nitrogens with two attached hydrogens (primary N) is 1. The third-order valence-electron chi connectivity index (χ3n) is 2.70. The van der Waals surface area contributed by atoms with Crippen molar-refractivity contribution in [1.82, 2.24) is 0 Å².